The monoisotopic (exact) mass is 410 g/mol. The number of carbonyl (C=O) groups is 2. The molecule has 2 heterocycles. The third-order valence-electron chi connectivity index (χ3n) is 4.58. The van der Waals surface area contributed by atoms with Gasteiger partial charge in [0.05, 0.1) is 26.3 Å². The van der Waals surface area contributed by atoms with Crippen molar-refractivity contribution >= 4 is 11.9 Å². The van der Waals surface area contributed by atoms with Crippen molar-refractivity contribution in [1.29, 1.82) is 0 Å². The van der Waals surface area contributed by atoms with Crippen molar-refractivity contribution in [2.45, 2.75) is 37.5 Å². The number of ether oxygens (including phenoxy) is 2. The van der Waals surface area contributed by atoms with E-state index in [0.717, 1.165) is 12.2 Å². The predicted molar refractivity (Wildman–Crippen MR) is 92.3 cm³/mol. The van der Waals surface area contributed by atoms with E-state index in [2.05, 4.69) is 0 Å². The third-order valence-corrected chi connectivity index (χ3v) is 4.58. The summed E-state index contributed by atoms with van der Waals surface area (Å²) in [5.74, 6) is -6.72. The van der Waals surface area contributed by atoms with Gasteiger partial charge in [0.25, 0.3) is 11.8 Å². The standard InChI is InChI=1S/C18H26F4N2O4/c19-17(20)5-9-23(13-17)7-1-11-27-15(25)3-4-16(26)28-12-2-8-24-10-6-18(21,22)14-24/h3-4H,1-2,5-14H2/b4-3+. The molecule has 0 radical (unpaired) electrons. The van der Waals surface area contributed by atoms with Crippen LogP contribution in [0.2, 0.25) is 0 Å². The van der Waals surface area contributed by atoms with Crippen molar-refractivity contribution in [3.63, 3.8) is 0 Å². The number of halogens is 4. The van der Waals surface area contributed by atoms with Gasteiger partial charge in [-0.1, -0.05) is 0 Å². The van der Waals surface area contributed by atoms with Gasteiger partial charge in [-0.3, -0.25) is 9.80 Å². The molecule has 10 heteroatoms. The van der Waals surface area contributed by atoms with E-state index in [1.807, 2.05) is 0 Å². The van der Waals surface area contributed by atoms with Crippen LogP contribution in [0.25, 0.3) is 0 Å². The summed E-state index contributed by atoms with van der Waals surface area (Å²) in [7, 11) is 0. The molecule has 0 saturated carbocycles. The number of carbonyl (C=O) groups excluding carboxylic acids is 2. The lowest BCUT2D eigenvalue weighted by molar-refractivity contribution is -0.140. The molecule has 2 rings (SSSR count). The largest absolute Gasteiger partial charge is 0.462 e. The smallest absolute Gasteiger partial charge is 0.331 e. The highest BCUT2D eigenvalue weighted by molar-refractivity contribution is 5.91. The minimum atomic E-state index is -2.64. The van der Waals surface area contributed by atoms with Crippen LogP contribution in [0.15, 0.2) is 12.2 Å². The Morgan fingerprint density at radius 3 is 1.50 bits per heavy atom. The zero-order valence-corrected chi connectivity index (χ0v) is 15.7. The highest BCUT2D eigenvalue weighted by Crippen LogP contribution is 2.27. The first-order valence-electron chi connectivity index (χ1n) is 9.37. The number of rotatable bonds is 10. The predicted octanol–water partition coefficient (Wildman–Crippen LogP) is 2.09. The van der Waals surface area contributed by atoms with E-state index in [1.165, 1.54) is 0 Å². The van der Waals surface area contributed by atoms with E-state index in [0.29, 0.717) is 39.0 Å². The molecule has 0 unspecified atom stereocenters. The molecule has 0 aromatic carbocycles. The van der Waals surface area contributed by atoms with Crippen LogP contribution in [0, 0.1) is 0 Å². The molecule has 0 aliphatic carbocycles. The number of hydrogen-bond acceptors (Lipinski definition) is 6. The zero-order chi connectivity index (χ0) is 20.6. The van der Waals surface area contributed by atoms with Crippen molar-refractivity contribution < 1.29 is 36.6 Å². The van der Waals surface area contributed by atoms with Crippen LogP contribution in [0.4, 0.5) is 17.6 Å². The molecule has 0 spiro atoms. The Morgan fingerprint density at radius 2 is 1.18 bits per heavy atom. The Kier molecular flexibility index (Phi) is 8.23. The van der Waals surface area contributed by atoms with E-state index in [-0.39, 0.29) is 39.1 Å². The van der Waals surface area contributed by atoms with Crippen molar-refractivity contribution in [3.8, 4) is 0 Å². The summed E-state index contributed by atoms with van der Waals surface area (Å²) in [6, 6.07) is 0. The fourth-order valence-electron chi connectivity index (χ4n) is 3.15. The molecule has 0 bridgehead atoms. The molecule has 0 atom stereocenters. The van der Waals surface area contributed by atoms with Gasteiger partial charge in [0, 0.05) is 51.2 Å². The fourth-order valence-corrected chi connectivity index (χ4v) is 3.15. The highest BCUT2D eigenvalue weighted by Gasteiger charge is 2.38. The van der Waals surface area contributed by atoms with Crippen molar-refractivity contribution in [2.75, 3.05) is 52.5 Å². The van der Waals surface area contributed by atoms with Crippen LogP contribution in [0.5, 0.6) is 0 Å². The van der Waals surface area contributed by atoms with Gasteiger partial charge in [0.1, 0.15) is 0 Å². The van der Waals surface area contributed by atoms with Crippen molar-refractivity contribution in [1.82, 2.24) is 9.80 Å². The second kappa shape index (κ2) is 10.2. The Hall–Kier alpha value is -1.68. The number of nitrogens with zero attached hydrogens (tertiary/aromatic N) is 2. The summed E-state index contributed by atoms with van der Waals surface area (Å²) >= 11 is 0. The fraction of sp³-hybridized carbons (Fsp3) is 0.778. The van der Waals surface area contributed by atoms with Gasteiger partial charge in [-0.15, -0.1) is 0 Å². The average Bonchev–Trinajstić information content (AvgIpc) is 3.14. The molecular formula is C18H26F4N2O4. The lowest BCUT2D eigenvalue weighted by Gasteiger charge is -2.15. The van der Waals surface area contributed by atoms with Gasteiger partial charge in [-0.25, -0.2) is 27.2 Å². The van der Waals surface area contributed by atoms with Gasteiger partial charge < -0.3 is 9.47 Å². The molecule has 0 amide bonds. The SMILES string of the molecule is O=C(/C=C/C(=O)OCCCN1CCC(F)(F)C1)OCCCN1CCC(F)(F)C1. The van der Waals surface area contributed by atoms with Crippen LogP contribution in [-0.2, 0) is 19.1 Å². The molecule has 2 fully saturated rings. The van der Waals surface area contributed by atoms with Crippen molar-refractivity contribution in [2.24, 2.45) is 0 Å². The summed E-state index contributed by atoms with van der Waals surface area (Å²) in [5, 5.41) is 0. The molecule has 2 aliphatic rings. The second-order valence-corrected chi connectivity index (χ2v) is 7.14. The lowest BCUT2D eigenvalue weighted by atomic mass is 10.3. The molecule has 6 nitrogen and oxygen atoms in total. The average molecular weight is 410 g/mol. The Morgan fingerprint density at radius 1 is 0.786 bits per heavy atom. The summed E-state index contributed by atoms with van der Waals surface area (Å²) in [6.07, 6.45) is 2.43. The van der Waals surface area contributed by atoms with E-state index in [4.69, 9.17) is 9.47 Å². The first-order valence-corrected chi connectivity index (χ1v) is 9.37. The normalized spacial score (nSPS) is 22.0. The van der Waals surface area contributed by atoms with Gasteiger partial charge in [0.15, 0.2) is 0 Å². The molecule has 0 N–H and O–H groups in total. The zero-order valence-electron chi connectivity index (χ0n) is 15.7. The van der Waals surface area contributed by atoms with Crippen LogP contribution in [0.1, 0.15) is 25.7 Å². The van der Waals surface area contributed by atoms with Gasteiger partial charge in [0.2, 0.25) is 0 Å². The molecule has 2 aliphatic heterocycles. The quantitative estimate of drug-likeness (QED) is 0.238. The van der Waals surface area contributed by atoms with Gasteiger partial charge >= 0.3 is 11.9 Å². The van der Waals surface area contributed by atoms with Crippen LogP contribution in [-0.4, -0.2) is 86.1 Å². The third kappa shape index (κ3) is 8.55. The van der Waals surface area contributed by atoms with Gasteiger partial charge in [-0.2, -0.15) is 0 Å². The van der Waals surface area contributed by atoms with E-state index in [9.17, 15) is 27.2 Å². The number of hydrogen-bond donors (Lipinski definition) is 0. The van der Waals surface area contributed by atoms with Gasteiger partial charge in [-0.05, 0) is 12.8 Å². The number of likely N-dealkylation sites (tertiary alicyclic amines) is 2. The first-order chi connectivity index (χ1) is 13.2. The summed E-state index contributed by atoms with van der Waals surface area (Å²) in [6.45, 7) is 1.08. The maximum absolute atomic E-state index is 13.0. The molecule has 0 aromatic rings. The van der Waals surface area contributed by atoms with E-state index < -0.39 is 23.8 Å². The number of esters is 2. The maximum atomic E-state index is 13.0. The van der Waals surface area contributed by atoms with Crippen LogP contribution >= 0.6 is 0 Å². The van der Waals surface area contributed by atoms with E-state index >= 15 is 0 Å². The summed E-state index contributed by atoms with van der Waals surface area (Å²) < 4.78 is 61.8. The molecule has 2 saturated heterocycles. The minimum Gasteiger partial charge on any atom is -0.462 e. The van der Waals surface area contributed by atoms with Crippen LogP contribution < -0.4 is 0 Å². The topological polar surface area (TPSA) is 59.1 Å². The minimum absolute atomic E-state index is 0.0702. The molecule has 160 valence electrons. The highest BCUT2D eigenvalue weighted by atomic mass is 19.3. The molecular weight excluding hydrogens is 384 g/mol. The second-order valence-electron chi connectivity index (χ2n) is 7.14. The Bertz CT molecular complexity index is 524. The Balaban J connectivity index is 1.48. The number of alkyl halides is 4. The van der Waals surface area contributed by atoms with Crippen molar-refractivity contribution in [3.05, 3.63) is 12.2 Å². The first kappa shape index (κ1) is 22.6. The summed E-state index contributed by atoms with van der Waals surface area (Å²) in [5.41, 5.74) is 0. The Labute approximate surface area is 161 Å². The summed E-state index contributed by atoms with van der Waals surface area (Å²) in [4.78, 5) is 26.2. The molecule has 28 heavy (non-hydrogen) atoms. The maximum Gasteiger partial charge on any atom is 0.331 e. The van der Waals surface area contributed by atoms with E-state index in [1.54, 1.807) is 9.80 Å². The molecule has 0 aromatic heterocycles. The lowest BCUT2D eigenvalue weighted by Crippen LogP contribution is -2.27. The van der Waals surface area contributed by atoms with Crippen LogP contribution in [0.3, 0.4) is 0 Å².